The van der Waals surface area contributed by atoms with E-state index in [1.165, 1.54) is 13.4 Å². The van der Waals surface area contributed by atoms with Crippen LogP contribution in [0.4, 0.5) is 5.82 Å². The Hall–Kier alpha value is -2.96. The van der Waals surface area contributed by atoms with Gasteiger partial charge in [0.25, 0.3) is 5.56 Å². The highest BCUT2D eigenvalue weighted by atomic mass is 16.5. The molecule has 0 atom stereocenters. The summed E-state index contributed by atoms with van der Waals surface area (Å²) in [5.41, 5.74) is 0.510. The first-order valence-corrected chi connectivity index (χ1v) is 6.34. The van der Waals surface area contributed by atoms with Crippen LogP contribution >= 0.6 is 0 Å². The summed E-state index contributed by atoms with van der Waals surface area (Å²) in [6, 6.07) is 8.88. The van der Waals surface area contributed by atoms with Gasteiger partial charge >= 0.3 is 0 Å². The zero-order chi connectivity index (χ0) is 14.7. The van der Waals surface area contributed by atoms with Gasteiger partial charge in [-0.05, 0) is 12.1 Å². The molecule has 2 N–H and O–H groups in total. The highest BCUT2D eigenvalue weighted by molar-refractivity contribution is 5.77. The molecular formula is C14H13N5O2. The van der Waals surface area contributed by atoms with E-state index >= 15 is 0 Å². The molecule has 21 heavy (non-hydrogen) atoms. The van der Waals surface area contributed by atoms with Gasteiger partial charge in [0.15, 0.2) is 0 Å². The van der Waals surface area contributed by atoms with Gasteiger partial charge in [-0.3, -0.25) is 4.79 Å². The van der Waals surface area contributed by atoms with Gasteiger partial charge in [0.2, 0.25) is 5.88 Å². The topological polar surface area (TPSA) is 92.8 Å². The normalized spacial score (nSPS) is 10.5. The Bertz CT molecular complexity index is 831. The lowest BCUT2D eigenvalue weighted by molar-refractivity contribution is 0.397. The van der Waals surface area contributed by atoms with E-state index in [4.69, 9.17) is 4.74 Å². The number of aromatic amines is 1. The van der Waals surface area contributed by atoms with Crippen molar-refractivity contribution < 1.29 is 4.74 Å². The van der Waals surface area contributed by atoms with E-state index < -0.39 is 0 Å². The number of benzene rings is 1. The molecule has 0 fully saturated rings. The fraction of sp³-hybridized carbons (Fsp3) is 0.143. The summed E-state index contributed by atoms with van der Waals surface area (Å²) in [7, 11) is 1.54. The van der Waals surface area contributed by atoms with Gasteiger partial charge in [-0.25, -0.2) is 15.0 Å². The number of nitrogens with one attached hydrogen (secondary N) is 2. The lowest BCUT2D eigenvalue weighted by atomic mass is 10.2. The quantitative estimate of drug-likeness (QED) is 0.750. The lowest BCUT2D eigenvalue weighted by Crippen LogP contribution is -2.14. The molecule has 1 aromatic carbocycles. The molecule has 0 saturated carbocycles. The molecule has 0 aliphatic heterocycles. The Morgan fingerprint density at radius 3 is 3.00 bits per heavy atom. The van der Waals surface area contributed by atoms with E-state index in [-0.39, 0.29) is 5.56 Å². The van der Waals surface area contributed by atoms with Crippen LogP contribution in [-0.2, 0) is 6.54 Å². The van der Waals surface area contributed by atoms with Crippen molar-refractivity contribution >= 4 is 16.7 Å². The molecule has 0 bridgehead atoms. The smallest absolute Gasteiger partial charge is 0.258 e. The van der Waals surface area contributed by atoms with E-state index in [2.05, 4.69) is 25.3 Å². The molecule has 0 aliphatic rings. The summed E-state index contributed by atoms with van der Waals surface area (Å²) in [5.74, 6) is 1.60. The number of hydrogen-bond donors (Lipinski definition) is 2. The molecule has 3 aromatic rings. The minimum atomic E-state index is -0.155. The fourth-order valence-electron chi connectivity index (χ4n) is 1.94. The van der Waals surface area contributed by atoms with Crippen LogP contribution in [0.1, 0.15) is 5.82 Å². The van der Waals surface area contributed by atoms with Gasteiger partial charge < -0.3 is 15.0 Å². The van der Waals surface area contributed by atoms with Crippen LogP contribution in [0.15, 0.2) is 41.5 Å². The largest absolute Gasteiger partial charge is 0.481 e. The summed E-state index contributed by atoms with van der Waals surface area (Å²) >= 11 is 0. The van der Waals surface area contributed by atoms with Gasteiger partial charge in [0.1, 0.15) is 18.0 Å². The predicted molar refractivity (Wildman–Crippen MR) is 78.3 cm³/mol. The van der Waals surface area contributed by atoms with Crippen LogP contribution in [0.2, 0.25) is 0 Å². The van der Waals surface area contributed by atoms with Gasteiger partial charge in [-0.1, -0.05) is 12.1 Å². The van der Waals surface area contributed by atoms with E-state index in [1.54, 1.807) is 12.1 Å². The third-order valence-corrected chi connectivity index (χ3v) is 2.95. The third kappa shape index (κ3) is 2.81. The summed E-state index contributed by atoms with van der Waals surface area (Å²) in [4.78, 5) is 27.1. The van der Waals surface area contributed by atoms with E-state index in [0.717, 1.165) is 0 Å². The lowest BCUT2D eigenvalue weighted by Gasteiger charge is -2.06. The van der Waals surface area contributed by atoms with Crippen LogP contribution in [0, 0.1) is 0 Å². The number of nitrogens with zero attached hydrogens (tertiary/aromatic N) is 3. The number of anilines is 1. The summed E-state index contributed by atoms with van der Waals surface area (Å²) in [6.45, 7) is 0.347. The summed E-state index contributed by atoms with van der Waals surface area (Å²) in [5, 5.41) is 3.64. The molecule has 2 aromatic heterocycles. The van der Waals surface area contributed by atoms with Crippen molar-refractivity contribution in [3.8, 4) is 5.88 Å². The van der Waals surface area contributed by atoms with Crippen molar-refractivity contribution in [2.75, 3.05) is 12.4 Å². The standard InChI is InChI=1S/C14H13N5O2/c1-21-13-6-11(16-8-17-13)15-7-12-18-10-5-3-2-4-9(10)14(20)19-12/h2-6,8H,7H2,1H3,(H,15,16,17)(H,18,19,20). The molecule has 3 rings (SSSR count). The molecule has 106 valence electrons. The number of para-hydroxylation sites is 1. The van der Waals surface area contributed by atoms with E-state index in [1.807, 2.05) is 18.2 Å². The van der Waals surface area contributed by atoms with Crippen molar-refractivity contribution in [2.45, 2.75) is 6.54 Å². The Balaban J connectivity index is 1.83. The number of H-pyrrole nitrogens is 1. The molecule has 0 aliphatic carbocycles. The van der Waals surface area contributed by atoms with Crippen molar-refractivity contribution in [1.82, 2.24) is 19.9 Å². The summed E-state index contributed by atoms with van der Waals surface area (Å²) < 4.78 is 5.02. The van der Waals surface area contributed by atoms with Gasteiger partial charge in [0, 0.05) is 6.07 Å². The highest BCUT2D eigenvalue weighted by Gasteiger charge is 2.04. The average Bonchev–Trinajstić information content (AvgIpc) is 2.53. The van der Waals surface area contributed by atoms with Crippen LogP contribution in [0.25, 0.3) is 10.9 Å². The number of fused-ring (bicyclic) bond motifs is 1. The SMILES string of the molecule is COc1cc(NCc2nc3ccccc3c(=O)[nH]2)ncn1. The Kier molecular flexibility index (Phi) is 3.46. The van der Waals surface area contributed by atoms with Crippen molar-refractivity contribution in [1.29, 1.82) is 0 Å². The third-order valence-electron chi connectivity index (χ3n) is 2.95. The number of hydrogen-bond acceptors (Lipinski definition) is 6. The second-order valence-electron chi connectivity index (χ2n) is 4.33. The minimum absolute atomic E-state index is 0.155. The highest BCUT2D eigenvalue weighted by Crippen LogP contribution is 2.11. The van der Waals surface area contributed by atoms with Crippen molar-refractivity contribution in [3.63, 3.8) is 0 Å². The second kappa shape index (κ2) is 5.58. The zero-order valence-corrected chi connectivity index (χ0v) is 11.3. The Morgan fingerprint density at radius 1 is 1.29 bits per heavy atom. The number of aromatic nitrogens is 4. The van der Waals surface area contributed by atoms with Gasteiger partial charge in [-0.15, -0.1) is 0 Å². The predicted octanol–water partition coefficient (Wildman–Crippen LogP) is 1.33. The first-order valence-electron chi connectivity index (χ1n) is 6.34. The van der Waals surface area contributed by atoms with Crippen molar-refractivity contribution in [2.24, 2.45) is 0 Å². The maximum Gasteiger partial charge on any atom is 0.258 e. The summed E-state index contributed by atoms with van der Waals surface area (Å²) in [6.07, 6.45) is 1.40. The van der Waals surface area contributed by atoms with Crippen LogP contribution < -0.4 is 15.6 Å². The first-order chi connectivity index (χ1) is 10.3. The molecule has 0 spiro atoms. The maximum absolute atomic E-state index is 11.9. The van der Waals surface area contributed by atoms with Gasteiger partial charge in [0.05, 0.1) is 24.6 Å². The Labute approximate surface area is 120 Å². The molecule has 0 radical (unpaired) electrons. The van der Waals surface area contributed by atoms with Gasteiger partial charge in [-0.2, -0.15) is 0 Å². The molecule has 0 unspecified atom stereocenters. The van der Waals surface area contributed by atoms with Crippen molar-refractivity contribution in [3.05, 3.63) is 52.8 Å². The molecule has 7 heteroatoms. The average molecular weight is 283 g/mol. The number of methoxy groups -OCH3 is 1. The first kappa shape index (κ1) is 13.0. The Morgan fingerprint density at radius 2 is 2.14 bits per heavy atom. The molecule has 0 saturated heterocycles. The van der Waals surface area contributed by atoms with Crippen LogP contribution in [-0.4, -0.2) is 27.0 Å². The number of rotatable bonds is 4. The monoisotopic (exact) mass is 283 g/mol. The molecule has 2 heterocycles. The fourth-order valence-corrected chi connectivity index (χ4v) is 1.94. The number of ether oxygens (including phenoxy) is 1. The second-order valence-corrected chi connectivity index (χ2v) is 4.33. The molecular weight excluding hydrogens is 270 g/mol. The van der Waals surface area contributed by atoms with E-state index in [0.29, 0.717) is 35.0 Å². The zero-order valence-electron chi connectivity index (χ0n) is 11.3. The van der Waals surface area contributed by atoms with Crippen LogP contribution in [0.3, 0.4) is 0 Å². The van der Waals surface area contributed by atoms with Crippen LogP contribution in [0.5, 0.6) is 5.88 Å². The maximum atomic E-state index is 11.9. The molecule has 7 nitrogen and oxygen atoms in total. The van der Waals surface area contributed by atoms with E-state index in [9.17, 15) is 4.79 Å². The minimum Gasteiger partial charge on any atom is -0.481 e. The molecule has 0 amide bonds.